The van der Waals surface area contributed by atoms with E-state index in [0.717, 1.165) is 39.0 Å². The van der Waals surface area contributed by atoms with E-state index in [-0.39, 0.29) is 5.91 Å². The summed E-state index contributed by atoms with van der Waals surface area (Å²) in [6.07, 6.45) is 3.49. The highest BCUT2D eigenvalue weighted by atomic mass is 35.5. The van der Waals surface area contributed by atoms with Crippen molar-refractivity contribution in [3.63, 3.8) is 0 Å². The maximum Gasteiger partial charge on any atom is 0.224 e. The summed E-state index contributed by atoms with van der Waals surface area (Å²) in [4.78, 5) is 17.3. The number of hydrogen-bond acceptors (Lipinski definition) is 4. The van der Waals surface area contributed by atoms with Gasteiger partial charge in [0.2, 0.25) is 5.91 Å². The molecule has 1 aromatic rings. The Morgan fingerprint density at radius 2 is 2.30 bits per heavy atom. The molecule has 1 heterocycles. The first-order valence-electron chi connectivity index (χ1n) is 6.88. The van der Waals surface area contributed by atoms with E-state index >= 15 is 0 Å². The Balaban J connectivity index is 1.72. The summed E-state index contributed by atoms with van der Waals surface area (Å²) in [5.41, 5.74) is 6.87. The highest BCUT2D eigenvalue weighted by Crippen LogP contribution is 2.22. The smallest absolute Gasteiger partial charge is 0.224 e. The minimum absolute atomic E-state index is 0.0453. The van der Waals surface area contributed by atoms with Crippen molar-refractivity contribution in [2.75, 3.05) is 30.7 Å². The fourth-order valence-corrected chi connectivity index (χ4v) is 2.28. The van der Waals surface area contributed by atoms with E-state index in [1.54, 1.807) is 18.2 Å². The second-order valence-corrected chi connectivity index (χ2v) is 5.29. The molecule has 0 aromatic heterocycles. The Hall–Kier alpha value is -1.30. The fourth-order valence-electron chi connectivity index (χ4n) is 2.10. The van der Waals surface area contributed by atoms with Crippen LogP contribution in [0.4, 0.5) is 11.4 Å². The maximum absolute atomic E-state index is 11.8. The Kier molecular flexibility index (Phi) is 5.64. The third kappa shape index (κ3) is 4.67. The van der Waals surface area contributed by atoms with Crippen LogP contribution in [0.15, 0.2) is 18.2 Å². The standard InChI is InChI=1S/C14H20ClN3O2/c15-11-5-6-13(12(16)10-11)17-14(19)4-3-8-18-7-1-2-9-20-18/h5-6,10H,1-4,7-9,16H2,(H,17,19). The molecule has 2 rings (SSSR count). The lowest BCUT2D eigenvalue weighted by Crippen LogP contribution is -2.31. The number of nitrogens with one attached hydrogen (secondary N) is 1. The Bertz CT molecular complexity index is 462. The maximum atomic E-state index is 11.8. The van der Waals surface area contributed by atoms with Gasteiger partial charge in [0.05, 0.1) is 18.0 Å². The molecule has 0 saturated carbocycles. The van der Waals surface area contributed by atoms with E-state index in [2.05, 4.69) is 5.32 Å². The van der Waals surface area contributed by atoms with Gasteiger partial charge in [-0.3, -0.25) is 9.63 Å². The van der Waals surface area contributed by atoms with Gasteiger partial charge in [0.1, 0.15) is 0 Å². The topological polar surface area (TPSA) is 67.6 Å². The summed E-state index contributed by atoms with van der Waals surface area (Å²) in [5.74, 6) is -0.0453. The van der Waals surface area contributed by atoms with Crippen LogP contribution in [-0.2, 0) is 9.63 Å². The predicted molar refractivity (Wildman–Crippen MR) is 80.5 cm³/mol. The molecule has 1 aromatic carbocycles. The number of carbonyl (C=O) groups excluding carboxylic acids is 1. The van der Waals surface area contributed by atoms with Crippen molar-refractivity contribution in [2.45, 2.75) is 25.7 Å². The Morgan fingerprint density at radius 1 is 1.45 bits per heavy atom. The third-order valence-electron chi connectivity index (χ3n) is 3.17. The minimum atomic E-state index is -0.0453. The average molecular weight is 298 g/mol. The molecule has 0 unspecified atom stereocenters. The van der Waals surface area contributed by atoms with E-state index in [1.165, 1.54) is 0 Å². The second-order valence-electron chi connectivity index (χ2n) is 4.85. The van der Waals surface area contributed by atoms with Crippen LogP contribution in [0.5, 0.6) is 0 Å². The molecular weight excluding hydrogens is 278 g/mol. The normalized spacial score (nSPS) is 16.1. The lowest BCUT2D eigenvalue weighted by molar-refractivity contribution is -0.180. The molecule has 1 amide bonds. The van der Waals surface area contributed by atoms with Crippen LogP contribution < -0.4 is 11.1 Å². The average Bonchev–Trinajstić information content (AvgIpc) is 2.43. The molecule has 0 bridgehead atoms. The predicted octanol–water partition coefficient (Wildman–Crippen LogP) is 2.67. The summed E-state index contributed by atoms with van der Waals surface area (Å²) < 4.78 is 0. The summed E-state index contributed by atoms with van der Waals surface area (Å²) in [6, 6.07) is 5.04. The van der Waals surface area contributed by atoms with Crippen LogP contribution in [0.3, 0.4) is 0 Å². The van der Waals surface area contributed by atoms with E-state index in [4.69, 9.17) is 22.2 Å². The lowest BCUT2D eigenvalue weighted by Gasteiger charge is -2.25. The largest absolute Gasteiger partial charge is 0.397 e. The summed E-state index contributed by atoms with van der Waals surface area (Å²) >= 11 is 5.81. The number of benzene rings is 1. The molecule has 0 atom stereocenters. The molecule has 1 aliphatic heterocycles. The van der Waals surface area contributed by atoms with Crippen LogP contribution in [0.1, 0.15) is 25.7 Å². The van der Waals surface area contributed by atoms with E-state index in [1.807, 2.05) is 5.06 Å². The van der Waals surface area contributed by atoms with Gasteiger partial charge >= 0.3 is 0 Å². The van der Waals surface area contributed by atoms with Crippen molar-refractivity contribution < 1.29 is 9.63 Å². The van der Waals surface area contributed by atoms with Gasteiger partial charge in [0.15, 0.2) is 0 Å². The van der Waals surface area contributed by atoms with Crippen molar-refractivity contribution >= 4 is 28.9 Å². The molecule has 3 N–H and O–H groups in total. The zero-order valence-corrected chi connectivity index (χ0v) is 12.2. The van der Waals surface area contributed by atoms with Gasteiger partial charge in [-0.05, 0) is 37.5 Å². The number of anilines is 2. The number of carbonyl (C=O) groups is 1. The van der Waals surface area contributed by atoms with Crippen molar-refractivity contribution in [3.05, 3.63) is 23.2 Å². The van der Waals surface area contributed by atoms with Gasteiger partial charge in [0, 0.05) is 24.5 Å². The van der Waals surface area contributed by atoms with Crippen LogP contribution >= 0.6 is 11.6 Å². The molecule has 5 nitrogen and oxygen atoms in total. The number of rotatable bonds is 5. The fraction of sp³-hybridized carbons (Fsp3) is 0.500. The molecule has 1 aliphatic rings. The number of nitrogens with zero attached hydrogens (tertiary/aromatic N) is 1. The summed E-state index contributed by atoms with van der Waals surface area (Å²) in [5, 5.41) is 5.29. The minimum Gasteiger partial charge on any atom is -0.397 e. The van der Waals surface area contributed by atoms with Crippen LogP contribution in [0.2, 0.25) is 5.02 Å². The number of nitrogen functional groups attached to an aromatic ring is 1. The zero-order chi connectivity index (χ0) is 14.4. The third-order valence-corrected chi connectivity index (χ3v) is 3.41. The van der Waals surface area contributed by atoms with Crippen molar-refractivity contribution in [1.29, 1.82) is 0 Å². The van der Waals surface area contributed by atoms with E-state index in [9.17, 15) is 4.79 Å². The van der Waals surface area contributed by atoms with Gasteiger partial charge in [0.25, 0.3) is 0 Å². The first-order chi connectivity index (χ1) is 9.65. The van der Waals surface area contributed by atoms with Crippen LogP contribution in [0, 0.1) is 0 Å². The van der Waals surface area contributed by atoms with Gasteiger partial charge in [-0.2, -0.15) is 5.06 Å². The molecule has 1 saturated heterocycles. The molecule has 1 fully saturated rings. The molecule has 6 heteroatoms. The molecule has 20 heavy (non-hydrogen) atoms. The monoisotopic (exact) mass is 297 g/mol. The first kappa shape index (κ1) is 15.1. The molecular formula is C14H20ClN3O2. The molecule has 0 aliphatic carbocycles. The van der Waals surface area contributed by atoms with E-state index in [0.29, 0.717) is 22.8 Å². The second kappa shape index (κ2) is 7.47. The number of hydroxylamine groups is 2. The van der Waals surface area contributed by atoms with Crippen molar-refractivity contribution in [1.82, 2.24) is 5.06 Å². The van der Waals surface area contributed by atoms with Crippen LogP contribution in [0.25, 0.3) is 0 Å². The van der Waals surface area contributed by atoms with Crippen molar-refractivity contribution in [2.24, 2.45) is 0 Å². The number of amides is 1. The highest BCUT2D eigenvalue weighted by molar-refractivity contribution is 6.31. The number of nitrogens with two attached hydrogens (primary N) is 1. The molecule has 0 spiro atoms. The number of hydrogen-bond donors (Lipinski definition) is 2. The van der Waals surface area contributed by atoms with Gasteiger partial charge in [-0.15, -0.1) is 0 Å². The quantitative estimate of drug-likeness (QED) is 0.820. The van der Waals surface area contributed by atoms with Crippen molar-refractivity contribution in [3.8, 4) is 0 Å². The van der Waals surface area contributed by atoms with Gasteiger partial charge in [-0.1, -0.05) is 11.6 Å². The highest BCUT2D eigenvalue weighted by Gasteiger charge is 2.11. The van der Waals surface area contributed by atoms with E-state index < -0.39 is 0 Å². The van der Waals surface area contributed by atoms with Gasteiger partial charge < -0.3 is 11.1 Å². The Labute approximate surface area is 124 Å². The molecule has 110 valence electrons. The van der Waals surface area contributed by atoms with Gasteiger partial charge in [-0.25, -0.2) is 0 Å². The lowest BCUT2D eigenvalue weighted by atomic mass is 10.2. The molecule has 0 radical (unpaired) electrons. The van der Waals surface area contributed by atoms with Crippen LogP contribution in [-0.4, -0.2) is 30.7 Å². The first-order valence-corrected chi connectivity index (χ1v) is 7.26. The SMILES string of the molecule is Nc1cc(Cl)ccc1NC(=O)CCCN1CCCCO1. The number of halogens is 1. The zero-order valence-electron chi connectivity index (χ0n) is 11.4. The Morgan fingerprint density at radius 3 is 3.00 bits per heavy atom. The summed E-state index contributed by atoms with van der Waals surface area (Å²) in [6.45, 7) is 2.52. The summed E-state index contributed by atoms with van der Waals surface area (Å²) in [7, 11) is 0.